The average molecular weight is 560 g/mol. The van der Waals surface area contributed by atoms with Gasteiger partial charge in [-0.2, -0.15) is 5.10 Å². The Labute approximate surface area is 231 Å². The molecule has 0 atom stereocenters. The first-order valence-corrected chi connectivity index (χ1v) is 13.3. The third kappa shape index (κ3) is 6.73. The van der Waals surface area contributed by atoms with Crippen molar-refractivity contribution in [2.45, 2.75) is 46.8 Å². The molecule has 2 N–H and O–H groups in total. The first-order valence-electron chi connectivity index (χ1n) is 13.3. The van der Waals surface area contributed by atoms with E-state index in [9.17, 15) is 22.8 Å². The van der Waals surface area contributed by atoms with Gasteiger partial charge in [-0.1, -0.05) is 13.0 Å². The van der Waals surface area contributed by atoms with E-state index in [1.165, 1.54) is 21.8 Å². The van der Waals surface area contributed by atoms with Crippen LogP contribution in [-0.4, -0.2) is 77.8 Å². The fraction of sp³-hybridized carbons (Fsp3) is 0.464. The van der Waals surface area contributed by atoms with Crippen molar-refractivity contribution in [3.05, 3.63) is 58.5 Å². The highest BCUT2D eigenvalue weighted by Crippen LogP contribution is 2.29. The first-order chi connectivity index (χ1) is 19.1. The van der Waals surface area contributed by atoms with Crippen molar-refractivity contribution < 1.29 is 22.8 Å². The maximum absolute atomic E-state index is 13.7. The van der Waals surface area contributed by atoms with Crippen LogP contribution in [0.2, 0.25) is 0 Å². The zero-order valence-electron chi connectivity index (χ0n) is 23.3. The molecule has 0 unspecified atom stereocenters. The number of aromatic nitrogens is 2. The minimum Gasteiger partial charge on any atom is -0.353 e. The van der Waals surface area contributed by atoms with Gasteiger partial charge in [0.2, 0.25) is 5.91 Å². The number of hydrogen-bond donors (Lipinski definition) is 2. The van der Waals surface area contributed by atoms with Gasteiger partial charge in [0.25, 0.3) is 12.3 Å². The lowest BCUT2D eigenvalue weighted by Gasteiger charge is -2.32. The molecule has 2 heterocycles. The molecule has 2 aromatic carbocycles. The van der Waals surface area contributed by atoms with Crippen LogP contribution in [0.4, 0.5) is 18.9 Å². The van der Waals surface area contributed by atoms with E-state index in [0.29, 0.717) is 43.1 Å². The van der Waals surface area contributed by atoms with Gasteiger partial charge >= 0.3 is 0 Å². The predicted octanol–water partition coefficient (Wildman–Crippen LogP) is 2.98. The third-order valence-corrected chi connectivity index (χ3v) is 7.17. The van der Waals surface area contributed by atoms with Gasteiger partial charge in [0.1, 0.15) is 12.4 Å². The maximum Gasteiger partial charge on any atom is 0.257 e. The molecular weight excluding hydrogens is 523 g/mol. The van der Waals surface area contributed by atoms with Gasteiger partial charge in [-0.25, -0.2) is 18.2 Å². The minimum atomic E-state index is -2.54. The molecule has 0 saturated carbocycles. The first kappa shape index (κ1) is 29.3. The quantitative estimate of drug-likeness (QED) is 0.332. The number of hydrazine groups is 1. The second-order valence-electron chi connectivity index (χ2n) is 10.0. The van der Waals surface area contributed by atoms with Crippen molar-refractivity contribution in [1.82, 2.24) is 30.4 Å². The van der Waals surface area contributed by atoms with Crippen LogP contribution in [0.3, 0.4) is 0 Å². The van der Waals surface area contributed by atoms with E-state index in [2.05, 4.69) is 15.7 Å². The van der Waals surface area contributed by atoms with Crippen LogP contribution < -0.4 is 15.5 Å². The van der Waals surface area contributed by atoms with Crippen LogP contribution in [0, 0.1) is 19.7 Å². The number of nitrogens with zero attached hydrogens (tertiary/aromatic N) is 5. The van der Waals surface area contributed by atoms with Crippen LogP contribution in [0.25, 0.3) is 10.9 Å². The van der Waals surface area contributed by atoms with Crippen molar-refractivity contribution in [1.29, 1.82) is 0 Å². The van der Waals surface area contributed by atoms with E-state index in [1.807, 2.05) is 24.9 Å². The van der Waals surface area contributed by atoms with Gasteiger partial charge in [0.15, 0.2) is 0 Å². The average Bonchev–Trinajstić information content (AvgIpc) is 3.45. The van der Waals surface area contributed by atoms with Crippen molar-refractivity contribution in [3.63, 3.8) is 0 Å². The fourth-order valence-electron chi connectivity index (χ4n) is 4.95. The highest BCUT2D eigenvalue weighted by atomic mass is 19.3. The number of carbonyl (C=O) groups excluding carboxylic acids is 2. The zero-order chi connectivity index (χ0) is 29.0. The maximum atomic E-state index is 13.7. The number of benzene rings is 2. The van der Waals surface area contributed by atoms with Gasteiger partial charge in [-0.15, -0.1) is 0 Å². The molecule has 0 spiro atoms. The number of halogens is 3. The molecule has 2 amide bonds. The highest BCUT2D eigenvalue weighted by molar-refractivity contribution is 5.91. The Morgan fingerprint density at radius 1 is 1.07 bits per heavy atom. The van der Waals surface area contributed by atoms with E-state index < -0.39 is 13.0 Å². The second-order valence-corrected chi connectivity index (χ2v) is 10.0. The zero-order valence-corrected chi connectivity index (χ0v) is 23.3. The minimum absolute atomic E-state index is 0.0831. The molecular formula is C28H36F3N7O2. The largest absolute Gasteiger partial charge is 0.353 e. The number of carbonyl (C=O) groups is 2. The molecule has 0 saturated heterocycles. The molecule has 1 aromatic heterocycles. The van der Waals surface area contributed by atoms with Gasteiger partial charge in [0.05, 0.1) is 18.6 Å². The second kappa shape index (κ2) is 12.7. The van der Waals surface area contributed by atoms with Crippen molar-refractivity contribution >= 4 is 28.4 Å². The molecule has 1 aliphatic rings. The summed E-state index contributed by atoms with van der Waals surface area (Å²) in [4.78, 5) is 28.0. The van der Waals surface area contributed by atoms with Crippen LogP contribution in [-0.2, 0) is 29.2 Å². The Bertz CT molecular complexity index is 1380. The Kier molecular flexibility index (Phi) is 9.31. The summed E-state index contributed by atoms with van der Waals surface area (Å²) in [6.07, 6.45) is -2.54. The van der Waals surface area contributed by atoms with Crippen molar-refractivity contribution in [3.8, 4) is 0 Å². The van der Waals surface area contributed by atoms with Gasteiger partial charge < -0.3 is 15.5 Å². The lowest BCUT2D eigenvalue weighted by Crippen LogP contribution is -2.48. The molecule has 40 heavy (non-hydrogen) atoms. The van der Waals surface area contributed by atoms with E-state index >= 15 is 0 Å². The lowest BCUT2D eigenvalue weighted by atomic mass is 10.1. The number of aryl methyl sites for hydroxylation is 2. The SMILES string of the molecule is CCNCCNC(=O)CN(CC(=O)N(C)N1Cc2ccc(F)cc2C1)c1cc2nn(CC(F)F)c(C)c2cc1C. The molecule has 0 fully saturated rings. The number of rotatable bonds is 12. The molecule has 3 aromatic rings. The number of hydrogen-bond acceptors (Lipinski definition) is 6. The predicted molar refractivity (Wildman–Crippen MR) is 147 cm³/mol. The number of anilines is 1. The van der Waals surface area contributed by atoms with E-state index in [1.54, 1.807) is 31.0 Å². The summed E-state index contributed by atoms with van der Waals surface area (Å²) in [5, 5.41) is 14.4. The van der Waals surface area contributed by atoms with Crippen LogP contribution in [0.5, 0.6) is 0 Å². The monoisotopic (exact) mass is 559 g/mol. The Morgan fingerprint density at radius 2 is 1.82 bits per heavy atom. The van der Waals surface area contributed by atoms with Gasteiger partial charge in [-0.05, 0) is 61.3 Å². The topological polar surface area (TPSA) is 85.7 Å². The van der Waals surface area contributed by atoms with Gasteiger partial charge in [0, 0.05) is 50.0 Å². The van der Waals surface area contributed by atoms with Crippen LogP contribution in [0.15, 0.2) is 30.3 Å². The summed E-state index contributed by atoms with van der Waals surface area (Å²) in [5.74, 6) is -0.832. The molecule has 9 nitrogen and oxygen atoms in total. The highest BCUT2D eigenvalue weighted by Gasteiger charge is 2.28. The van der Waals surface area contributed by atoms with Crippen molar-refractivity contribution in [2.75, 3.05) is 44.7 Å². The number of fused-ring (bicyclic) bond motifs is 2. The fourth-order valence-corrected chi connectivity index (χ4v) is 4.95. The van der Waals surface area contributed by atoms with Crippen LogP contribution in [0.1, 0.15) is 29.3 Å². The molecule has 216 valence electrons. The Hall–Kier alpha value is -3.64. The molecule has 0 aliphatic carbocycles. The molecule has 1 aliphatic heterocycles. The van der Waals surface area contributed by atoms with Crippen LogP contribution >= 0.6 is 0 Å². The summed E-state index contributed by atoms with van der Waals surface area (Å²) >= 11 is 0. The Balaban J connectivity index is 1.57. The van der Waals surface area contributed by atoms with E-state index in [0.717, 1.165) is 28.6 Å². The Morgan fingerprint density at radius 3 is 2.55 bits per heavy atom. The molecule has 0 radical (unpaired) electrons. The van der Waals surface area contributed by atoms with Gasteiger partial charge in [-0.3, -0.25) is 19.3 Å². The summed E-state index contributed by atoms with van der Waals surface area (Å²) < 4.78 is 41.1. The molecule has 12 heteroatoms. The molecule has 4 rings (SSSR count). The number of likely N-dealkylation sites (N-methyl/N-ethyl adjacent to an activating group) is 2. The van der Waals surface area contributed by atoms with E-state index in [4.69, 9.17) is 0 Å². The smallest absolute Gasteiger partial charge is 0.257 e. The molecule has 0 bridgehead atoms. The third-order valence-electron chi connectivity index (χ3n) is 7.17. The standard InChI is InChI=1S/C28H36F3N7O2/c1-5-32-8-9-33-27(39)16-36(17-28(40)35(4)37-13-20-6-7-22(29)11-21(20)14-37)25-12-24-23(10-18(25)2)19(3)38(34-24)15-26(30)31/h6-7,10-12,26,32H,5,8-9,13-17H2,1-4H3,(H,33,39). The number of nitrogens with one attached hydrogen (secondary N) is 2. The summed E-state index contributed by atoms with van der Waals surface area (Å²) in [5.41, 5.74) is 4.31. The summed E-state index contributed by atoms with van der Waals surface area (Å²) in [6.45, 7) is 7.56. The number of alkyl halides is 2. The normalized spacial score (nSPS) is 13.2. The van der Waals surface area contributed by atoms with E-state index in [-0.39, 0.29) is 30.7 Å². The summed E-state index contributed by atoms with van der Waals surface area (Å²) in [7, 11) is 1.66. The van der Waals surface area contributed by atoms with Crippen molar-refractivity contribution in [2.24, 2.45) is 0 Å². The number of amides is 2. The lowest BCUT2D eigenvalue weighted by molar-refractivity contribution is -0.145. The summed E-state index contributed by atoms with van der Waals surface area (Å²) in [6, 6.07) is 8.20.